The number of allylic oxidation sites excluding steroid dienone is 2. The molecule has 2 atom stereocenters. The van der Waals surface area contributed by atoms with Gasteiger partial charge in [-0.1, -0.05) is 49.4 Å². The number of hydrogen-bond donors (Lipinski definition) is 0. The van der Waals surface area contributed by atoms with Crippen molar-refractivity contribution < 1.29 is 4.79 Å². The van der Waals surface area contributed by atoms with Crippen molar-refractivity contribution in [2.24, 2.45) is 10.8 Å². The van der Waals surface area contributed by atoms with Crippen LogP contribution in [0.15, 0.2) is 42.5 Å². The van der Waals surface area contributed by atoms with Crippen LogP contribution < -0.4 is 0 Å². The van der Waals surface area contributed by atoms with E-state index < -0.39 is 0 Å². The highest BCUT2D eigenvalue weighted by molar-refractivity contribution is 5.89. The molecule has 1 aromatic rings. The summed E-state index contributed by atoms with van der Waals surface area (Å²) in [6.07, 6.45) is 8.12. The monoisotopic (exact) mass is 226 g/mol. The quantitative estimate of drug-likeness (QED) is 0.705. The van der Waals surface area contributed by atoms with Gasteiger partial charge >= 0.3 is 0 Å². The summed E-state index contributed by atoms with van der Waals surface area (Å²) in [5.41, 5.74) is 1.34. The Morgan fingerprint density at radius 2 is 1.94 bits per heavy atom. The van der Waals surface area contributed by atoms with Crippen molar-refractivity contribution in [1.29, 1.82) is 0 Å². The smallest absolute Gasteiger partial charge is 0.143 e. The number of ketones is 1. The maximum Gasteiger partial charge on any atom is 0.143 e. The number of carbonyl (C=O) groups is 1. The van der Waals surface area contributed by atoms with Crippen molar-refractivity contribution in [1.82, 2.24) is 0 Å². The third-order valence-corrected chi connectivity index (χ3v) is 4.36. The van der Waals surface area contributed by atoms with Crippen molar-refractivity contribution in [2.75, 3.05) is 0 Å². The maximum absolute atomic E-state index is 12.3. The Bertz CT molecular complexity index is 474. The first kappa shape index (κ1) is 10.8. The second kappa shape index (κ2) is 3.56. The average Bonchev–Trinajstić information content (AvgIpc) is 2.61. The summed E-state index contributed by atoms with van der Waals surface area (Å²) >= 11 is 0. The Labute approximate surface area is 103 Å². The van der Waals surface area contributed by atoms with Crippen LogP contribution in [-0.2, 0) is 11.2 Å². The van der Waals surface area contributed by atoms with E-state index >= 15 is 0 Å². The molecule has 0 spiro atoms. The molecule has 0 saturated heterocycles. The number of carbonyl (C=O) groups excluding carboxylic acids is 1. The number of benzene rings is 1. The molecule has 2 aliphatic rings. The third kappa shape index (κ3) is 1.74. The summed E-state index contributed by atoms with van der Waals surface area (Å²) in [7, 11) is 0. The first-order valence-electron chi connectivity index (χ1n) is 6.40. The number of rotatable bonds is 2. The highest BCUT2D eigenvalue weighted by atomic mass is 16.1. The normalized spacial score (nSPS) is 35.2. The molecule has 2 bridgehead atoms. The molecule has 17 heavy (non-hydrogen) atoms. The topological polar surface area (TPSA) is 17.1 Å². The van der Waals surface area contributed by atoms with Crippen LogP contribution in [0, 0.1) is 10.8 Å². The van der Waals surface area contributed by atoms with E-state index in [9.17, 15) is 4.79 Å². The minimum absolute atomic E-state index is 0.200. The zero-order valence-electron chi connectivity index (χ0n) is 10.3. The summed E-state index contributed by atoms with van der Waals surface area (Å²) in [5, 5.41) is 0. The van der Waals surface area contributed by atoms with Gasteiger partial charge in [-0.25, -0.2) is 0 Å². The molecule has 1 heteroatoms. The van der Waals surface area contributed by atoms with Crippen molar-refractivity contribution in [2.45, 2.75) is 32.6 Å². The summed E-state index contributed by atoms with van der Waals surface area (Å²) in [5.74, 6) is 0.438. The molecule has 0 radical (unpaired) electrons. The Kier molecular flexibility index (Phi) is 2.25. The van der Waals surface area contributed by atoms with Crippen molar-refractivity contribution in [3.63, 3.8) is 0 Å². The standard InChI is InChI=1S/C16H18O/c1-15-8-7-14(17)16(12-15,10-9-15)11-13-5-3-2-4-6-13/h2-6,9-10H,7-8,11-12H2,1H3. The fourth-order valence-electron chi connectivity index (χ4n) is 3.39. The van der Waals surface area contributed by atoms with E-state index in [0.29, 0.717) is 5.78 Å². The van der Waals surface area contributed by atoms with Gasteiger partial charge in [0.2, 0.25) is 0 Å². The molecular weight excluding hydrogens is 208 g/mol. The van der Waals surface area contributed by atoms with E-state index in [1.165, 1.54) is 5.56 Å². The van der Waals surface area contributed by atoms with E-state index in [1.54, 1.807) is 0 Å². The molecule has 2 unspecified atom stereocenters. The highest BCUT2D eigenvalue weighted by Gasteiger charge is 2.49. The van der Waals surface area contributed by atoms with Crippen molar-refractivity contribution in [3.8, 4) is 0 Å². The van der Waals surface area contributed by atoms with Crippen LogP contribution in [-0.4, -0.2) is 5.78 Å². The first-order chi connectivity index (χ1) is 8.12. The molecular formula is C16H18O. The second-order valence-corrected chi connectivity index (χ2v) is 5.91. The van der Waals surface area contributed by atoms with Gasteiger partial charge in [0.05, 0.1) is 5.41 Å². The first-order valence-corrected chi connectivity index (χ1v) is 6.40. The summed E-state index contributed by atoms with van der Waals surface area (Å²) in [6, 6.07) is 10.4. The second-order valence-electron chi connectivity index (χ2n) is 5.91. The van der Waals surface area contributed by atoms with Gasteiger partial charge in [0, 0.05) is 6.42 Å². The van der Waals surface area contributed by atoms with Gasteiger partial charge in [0.15, 0.2) is 0 Å². The lowest BCUT2D eigenvalue weighted by Crippen LogP contribution is -2.37. The average molecular weight is 226 g/mol. The Morgan fingerprint density at radius 1 is 1.18 bits per heavy atom. The predicted molar refractivity (Wildman–Crippen MR) is 68.7 cm³/mol. The summed E-state index contributed by atoms with van der Waals surface area (Å²) in [4.78, 5) is 12.3. The van der Waals surface area contributed by atoms with E-state index in [0.717, 1.165) is 25.7 Å². The fourth-order valence-corrected chi connectivity index (χ4v) is 3.39. The molecule has 3 rings (SSSR count). The van der Waals surface area contributed by atoms with Gasteiger partial charge in [-0.05, 0) is 30.2 Å². The minimum atomic E-state index is -0.200. The van der Waals surface area contributed by atoms with E-state index in [2.05, 4.69) is 43.3 Å². The molecule has 1 saturated carbocycles. The largest absolute Gasteiger partial charge is 0.299 e. The number of hydrogen-bond acceptors (Lipinski definition) is 1. The van der Waals surface area contributed by atoms with Crippen LogP contribution in [0.2, 0.25) is 0 Å². The Balaban J connectivity index is 1.91. The predicted octanol–water partition coefficient (Wildman–Crippen LogP) is 3.54. The molecule has 0 aromatic heterocycles. The van der Waals surface area contributed by atoms with E-state index in [1.807, 2.05) is 6.07 Å². The lowest BCUT2D eigenvalue weighted by Gasteiger charge is -2.36. The highest BCUT2D eigenvalue weighted by Crippen LogP contribution is 2.53. The zero-order chi connectivity index (χ0) is 11.9. The summed E-state index contributed by atoms with van der Waals surface area (Å²) < 4.78 is 0. The molecule has 0 heterocycles. The lowest BCUT2D eigenvalue weighted by atomic mass is 9.65. The molecule has 0 N–H and O–H groups in total. The van der Waals surface area contributed by atoms with Crippen LogP contribution in [0.5, 0.6) is 0 Å². The third-order valence-electron chi connectivity index (χ3n) is 4.36. The molecule has 88 valence electrons. The minimum Gasteiger partial charge on any atom is -0.299 e. The fraction of sp³-hybridized carbons (Fsp3) is 0.438. The van der Waals surface area contributed by atoms with Gasteiger partial charge in [-0.3, -0.25) is 4.79 Å². The van der Waals surface area contributed by atoms with Crippen molar-refractivity contribution >= 4 is 5.78 Å². The van der Waals surface area contributed by atoms with E-state index in [4.69, 9.17) is 0 Å². The Hall–Kier alpha value is -1.37. The number of fused-ring (bicyclic) bond motifs is 2. The van der Waals surface area contributed by atoms with Crippen LogP contribution in [0.1, 0.15) is 31.7 Å². The summed E-state index contributed by atoms with van der Waals surface area (Å²) in [6.45, 7) is 2.28. The van der Waals surface area contributed by atoms with Crippen LogP contribution in [0.25, 0.3) is 0 Å². The van der Waals surface area contributed by atoms with Crippen molar-refractivity contribution in [3.05, 3.63) is 48.0 Å². The molecule has 2 aliphatic carbocycles. The van der Waals surface area contributed by atoms with Crippen LogP contribution in [0.4, 0.5) is 0 Å². The number of Topliss-reactive ketones (excluding diaryl/α,β-unsaturated/α-hetero) is 1. The molecule has 1 nitrogen and oxygen atoms in total. The lowest BCUT2D eigenvalue weighted by molar-refractivity contribution is -0.129. The molecule has 0 aliphatic heterocycles. The Morgan fingerprint density at radius 3 is 2.71 bits per heavy atom. The van der Waals surface area contributed by atoms with Gasteiger partial charge in [-0.15, -0.1) is 0 Å². The van der Waals surface area contributed by atoms with Gasteiger partial charge in [-0.2, -0.15) is 0 Å². The molecule has 0 amide bonds. The molecule has 1 aromatic carbocycles. The van der Waals surface area contributed by atoms with Gasteiger partial charge in [0.1, 0.15) is 5.78 Å². The van der Waals surface area contributed by atoms with Crippen LogP contribution in [0.3, 0.4) is 0 Å². The van der Waals surface area contributed by atoms with Crippen LogP contribution >= 0.6 is 0 Å². The van der Waals surface area contributed by atoms with Gasteiger partial charge in [0.25, 0.3) is 0 Å². The maximum atomic E-state index is 12.3. The van der Waals surface area contributed by atoms with Gasteiger partial charge < -0.3 is 0 Å². The molecule has 1 fully saturated rings. The SMILES string of the molecule is CC12C=CC(Cc3ccccc3)(C1)C(=O)CC2. The zero-order valence-corrected chi connectivity index (χ0v) is 10.3. The van der Waals surface area contributed by atoms with E-state index in [-0.39, 0.29) is 10.8 Å².